The number of benzene rings is 3. The van der Waals surface area contributed by atoms with E-state index in [1.807, 2.05) is 0 Å². The topological polar surface area (TPSA) is 26.7 Å². The van der Waals surface area contributed by atoms with Crippen LogP contribution in [0.2, 0.25) is 0 Å². The van der Waals surface area contributed by atoms with Crippen molar-refractivity contribution in [2.75, 3.05) is 13.2 Å². The molecule has 1 saturated heterocycles. The first-order valence-corrected chi connectivity index (χ1v) is 11.5. The molecule has 0 aliphatic carbocycles. The molecule has 2 heterocycles. The Bertz CT molecular complexity index is 1100. The SMILES string of the molecule is CCC(CC(C)n1c2ccccc2c2ccccc21)c1ccc(COCC2CO2)cc1. The number of fused-ring (bicyclic) bond motifs is 3. The molecule has 5 rings (SSSR count). The largest absolute Gasteiger partial charge is 0.374 e. The summed E-state index contributed by atoms with van der Waals surface area (Å²) in [5.74, 6) is 0.532. The van der Waals surface area contributed by atoms with Crippen molar-refractivity contribution in [3.8, 4) is 0 Å². The van der Waals surface area contributed by atoms with Gasteiger partial charge in [0.2, 0.25) is 0 Å². The molecular formula is C28H31NO2. The molecule has 31 heavy (non-hydrogen) atoms. The molecule has 0 amide bonds. The van der Waals surface area contributed by atoms with Crippen molar-refractivity contribution in [3.63, 3.8) is 0 Å². The van der Waals surface area contributed by atoms with E-state index in [-0.39, 0.29) is 0 Å². The van der Waals surface area contributed by atoms with E-state index in [1.54, 1.807) is 0 Å². The quantitative estimate of drug-likeness (QED) is 0.280. The Hall–Kier alpha value is -2.62. The third kappa shape index (κ3) is 4.26. The molecular weight excluding hydrogens is 382 g/mol. The van der Waals surface area contributed by atoms with Gasteiger partial charge in [0.15, 0.2) is 0 Å². The summed E-state index contributed by atoms with van der Waals surface area (Å²) in [6, 6.07) is 27.0. The predicted octanol–water partition coefficient (Wildman–Crippen LogP) is 6.85. The van der Waals surface area contributed by atoms with E-state index in [0.717, 1.165) is 19.4 Å². The van der Waals surface area contributed by atoms with E-state index in [4.69, 9.17) is 9.47 Å². The van der Waals surface area contributed by atoms with E-state index < -0.39 is 0 Å². The Balaban J connectivity index is 1.35. The average Bonchev–Trinajstić information content (AvgIpc) is 3.57. The van der Waals surface area contributed by atoms with E-state index in [2.05, 4.69) is 91.2 Å². The van der Waals surface area contributed by atoms with Gasteiger partial charge in [-0.3, -0.25) is 0 Å². The summed E-state index contributed by atoms with van der Waals surface area (Å²) in [6.07, 6.45) is 2.58. The molecule has 1 fully saturated rings. The molecule has 0 radical (unpaired) electrons. The molecule has 1 aromatic heterocycles. The van der Waals surface area contributed by atoms with Crippen molar-refractivity contribution >= 4 is 21.8 Å². The Kier molecular flexibility index (Phi) is 5.80. The summed E-state index contributed by atoms with van der Waals surface area (Å²) < 4.78 is 13.5. The van der Waals surface area contributed by atoms with Crippen molar-refractivity contribution in [2.45, 2.75) is 51.4 Å². The van der Waals surface area contributed by atoms with Crippen molar-refractivity contribution in [1.29, 1.82) is 0 Å². The number of hydrogen-bond acceptors (Lipinski definition) is 2. The summed E-state index contributed by atoms with van der Waals surface area (Å²) in [4.78, 5) is 0. The second kappa shape index (κ2) is 8.86. The maximum absolute atomic E-state index is 5.74. The molecule has 0 saturated carbocycles. The first-order chi connectivity index (χ1) is 15.2. The van der Waals surface area contributed by atoms with Crippen LogP contribution in [-0.2, 0) is 16.1 Å². The van der Waals surface area contributed by atoms with Gasteiger partial charge in [-0.25, -0.2) is 0 Å². The number of nitrogens with zero attached hydrogens (tertiary/aromatic N) is 1. The van der Waals surface area contributed by atoms with Crippen LogP contribution in [0, 0.1) is 0 Å². The summed E-state index contributed by atoms with van der Waals surface area (Å²) in [5.41, 5.74) is 5.32. The monoisotopic (exact) mass is 413 g/mol. The third-order valence-electron chi connectivity index (χ3n) is 6.60. The average molecular weight is 414 g/mol. The molecule has 1 aliphatic heterocycles. The number of ether oxygens (including phenoxy) is 2. The fourth-order valence-corrected chi connectivity index (χ4v) is 4.84. The van der Waals surface area contributed by atoms with Crippen molar-refractivity contribution in [3.05, 3.63) is 83.9 Å². The second-order valence-electron chi connectivity index (χ2n) is 8.81. The van der Waals surface area contributed by atoms with Gasteiger partial charge in [-0.05, 0) is 48.9 Å². The van der Waals surface area contributed by atoms with Crippen molar-refractivity contribution in [1.82, 2.24) is 4.57 Å². The minimum absolute atomic E-state index is 0.325. The van der Waals surface area contributed by atoms with Crippen LogP contribution in [0.3, 0.4) is 0 Å². The Morgan fingerprint density at radius 3 is 2.13 bits per heavy atom. The number of para-hydroxylation sites is 2. The molecule has 0 N–H and O–H groups in total. The van der Waals surface area contributed by atoms with E-state index >= 15 is 0 Å². The summed E-state index contributed by atoms with van der Waals surface area (Å²) >= 11 is 0. The fraction of sp³-hybridized carbons (Fsp3) is 0.357. The zero-order valence-corrected chi connectivity index (χ0v) is 18.5. The van der Waals surface area contributed by atoms with E-state index in [1.165, 1.54) is 32.9 Å². The van der Waals surface area contributed by atoms with Gasteiger partial charge < -0.3 is 14.0 Å². The maximum Gasteiger partial charge on any atom is 0.104 e. The van der Waals surface area contributed by atoms with E-state index in [0.29, 0.717) is 31.3 Å². The number of rotatable bonds is 9. The first kappa shape index (κ1) is 20.3. The van der Waals surface area contributed by atoms with Crippen LogP contribution < -0.4 is 0 Å². The highest BCUT2D eigenvalue weighted by Crippen LogP contribution is 2.36. The van der Waals surface area contributed by atoms with Gasteiger partial charge in [-0.1, -0.05) is 67.6 Å². The van der Waals surface area contributed by atoms with Gasteiger partial charge in [0.25, 0.3) is 0 Å². The molecule has 3 aromatic carbocycles. The van der Waals surface area contributed by atoms with Crippen LogP contribution in [0.4, 0.5) is 0 Å². The van der Waals surface area contributed by atoms with Crippen molar-refractivity contribution in [2.24, 2.45) is 0 Å². The predicted molar refractivity (Wildman–Crippen MR) is 128 cm³/mol. The highest BCUT2D eigenvalue weighted by Gasteiger charge is 2.22. The Morgan fingerprint density at radius 1 is 0.935 bits per heavy atom. The minimum Gasteiger partial charge on any atom is -0.374 e. The van der Waals surface area contributed by atoms with Crippen LogP contribution in [0.15, 0.2) is 72.8 Å². The van der Waals surface area contributed by atoms with Gasteiger partial charge in [0.05, 0.1) is 19.8 Å². The first-order valence-electron chi connectivity index (χ1n) is 11.5. The fourth-order valence-electron chi connectivity index (χ4n) is 4.84. The van der Waals surface area contributed by atoms with Gasteiger partial charge in [0.1, 0.15) is 6.10 Å². The van der Waals surface area contributed by atoms with Crippen LogP contribution in [-0.4, -0.2) is 23.9 Å². The number of hydrogen-bond donors (Lipinski definition) is 0. The lowest BCUT2D eigenvalue weighted by atomic mass is 9.89. The third-order valence-corrected chi connectivity index (χ3v) is 6.60. The highest BCUT2D eigenvalue weighted by atomic mass is 16.6. The van der Waals surface area contributed by atoms with Crippen LogP contribution in [0.1, 0.15) is 49.8 Å². The van der Waals surface area contributed by atoms with Gasteiger partial charge >= 0.3 is 0 Å². The molecule has 0 bridgehead atoms. The molecule has 3 atom stereocenters. The molecule has 4 aromatic rings. The lowest BCUT2D eigenvalue weighted by Crippen LogP contribution is -2.10. The smallest absolute Gasteiger partial charge is 0.104 e. The van der Waals surface area contributed by atoms with Crippen LogP contribution in [0.25, 0.3) is 21.8 Å². The second-order valence-corrected chi connectivity index (χ2v) is 8.81. The maximum atomic E-state index is 5.74. The normalized spacial score (nSPS) is 17.8. The summed E-state index contributed by atoms with van der Waals surface area (Å²) in [6.45, 7) is 6.88. The molecule has 160 valence electrons. The lowest BCUT2D eigenvalue weighted by molar-refractivity contribution is 0.104. The van der Waals surface area contributed by atoms with Crippen molar-refractivity contribution < 1.29 is 9.47 Å². The van der Waals surface area contributed by atoms with Crippen LogP contribution in [0.5, 0.6) is 0 Å². The van der Waals surface area contributed by atoms with E-state index in [9.17, 15) is 0 Å². The number of epoxide rings is 1. The molecule has 3 heteroatoms. The zero-order chi connectivity index (χ0) is 21.2. The number of aromatic nitrogens is 1. The summed E-state index contributed by atoms with van der Waals surface area (Å²) in [7, 11) is 0. The summed E-state index contributed by atoms with van der Waals surface area (Å²) in [5, 5.41) is 2.69. The molecule has 0 spiro atoms. The molecule has 3 nitrogen and oxygen atoms in total. The molecule has 1 aliphatic rings. The van der Waals surface area contributed by atoms with Crippen LogP contribution >= 0.6 is 0 Å². The Morgan fingerprint density at radius 2 is 1.55 bits per heavy atom. The zero-order valence-electron chi connectivity index (χ0n) is 18.5. The Labute approximate surface area is 184 Å². The standard InChI is InChI=1S/C28H31NO2/c1-3-22(23-14-12-21(13-15-23)17-30-18-24-19-31-24)16-20(2)29-27-10-6-4-8-25(27)26-9-5-7-11-28(26)29/h4-15,20,22,24H,3,16-19H2,1-2H3. The van der Waals surface area contributed by atoms with Gasteiger partial charge in [-0.15, -0.1) is 0 Å². The van der Waals surface area contributed by atoms with Gasteiger partial charge in [-0.2, -0.15) is 0 Å². The minimum atomic E-state index is 0.325. The molecule has 3 unspecified atom stereocenters. The highest BCUT2D eigenvalue weighted by molar-refractivity contribution is 6.08. The lowest BCUT2D eigenvalue weighted by Gasteiger charge is -2.23. The van der Waals surface area contributed by atoms with Gasteiger partial charge in [0, 0.05) is 27.8 Å².